The van der Waals surface area contributed by atoms with Crippen molar-refractivity contribution in [3.63, 3.8) is 0 Å². The average Bonchev–Trinajstić information content (AvgIpc) is 2.62. The molecule has 3 N–H and O–H groups in total. The number of nitrogens with two attached hydrogens (primary N) is 1. The lowest BCUT2D eigenvalue weighted by atomic mass is 10.1. The van der Waals surface area contributed by atoms with Crippen molar-refractivity contribution in [3.05, 3.63) is 48.0 Å². The molecule has 7 nitrogen and oxygen atoms in total. The Kier molecular flexibility index (Phi) is 4.65. The Bertz CT molecular complexity index is 881. The fourth-order valence-electron chi connectivity index (χ4n) is 2.32. The van der Waals surface area contributed by atoms with Crippen molar-refractivity contribution in [1.82, 2.24) is 15.0 Å². The number of benzene rings is 2. The second-order valence-electron chi connectivity index (χ2n) is 5.40. The molecule has 0 unspecified atom stereocenters. The number of hydrogen-bond acceptors (Lipinski definition) is 7. The third kappa shape index (κ3) is 3.77. The third-order valence-corrected chi connectivity index (χ3v) is 3.61. The molecule has 25 heavy (non-hydrogen) atoms. The minimum absolute atomic E-state index is 0.115. The number of anilines is 3. The van der Waals surface area contributed by atoms with Gasteiger partial charge in [-0.3, -0.25) is 0 Å². The molecular weight excluding hydrogens is 318 g/mol. The number of aromatic nitrogens is 3. The Balaban J connectivity index is 2.00. The first kappa shape index (κ1) is 16.5. The van der Waals surface area contributed by atoms with Crippen LogP contribution in [0.2, 0.25) is 0 Å². The zero-order valence-corrected chi connectivity index (χ0v) is 14.3. The summed E-state index contributed by atoms with van der Waals surface area (Å²) in [5, 5.41) is 3.13. The highest BCUT2D eigenvalue weighted by Gasteiger charge is 2.13. The van der Waals surface area contributed by atoms with E-state index in [0.717, 1.165) is 5.69 Å². The Morgan fingerprint density at radius 3 is 2.36 bits per heavy atom. The van der Waals surface area contributed by atoms with Crippen molar-refractivity contribution in [3.8, 4) is 22.9 Å². The summed E-state index contributed by atoms with van der Waals surface area (Å²) < 4.78 is 10.7. The smallest absolute Gasteiger partial charge is 0.232 e. The molecule has 1 aromatic heterocycles. The molecule has 0 atom stereocenters. The largest absolute Gasteiger partial charge is 0.497 e. The van der Waals surface area contributed by atoms with E-state index in [9.17, 15) is 0 Å². The van der Waals surface area contributed by atoms with Crippen molar-refractivity contribution in [1.29, 1.82) is 0 Å². The quantitative estimate of drug-likeness (QED) is 0.738. The van der Waals surface area contributed by atoms with Gasteiger partial charge in [-0.1, -0.05) is 17.7 Å². The van der Waals surface area contributed by atoms with Crippen LogP contribution in [-0.4, -0.2) is 29.2 Å². The Morgan fingerprint density at radius 1 is 0.920 bits per heavy atom. The van der Waals surface area contributed by atoms with E-state index in [1.807, 2.05) is 31.2 Å². The van der Waals surface area contributed by atoms with Crippen LogP contribution in [0.4, 0.5) is 17.6 Å². The molecule has 0 aliphatic carbocycles. The molecule has 3 aromatic rings. The zero-order chi connectivity index (χ0) is 17.8. The van der Waals surface area contributed by atoms with Gasteiger partial charge in [0.15, 0.2) is 5.82 Å². The third-order valence-electron chi connectivity index (χ3n) is 3.61. The molecule has 128 valence electrons. The van der Waals surface area contributed by atoms with Crippen LogP contribution in [0.1, 0.15) is 5.56 Å². The topological polar surface area (TPSA) is 95.2 Å². The van der Waals surface area contributed by atoms with E-state index in [1.54, 1.807) is 32.4 Å². The summed E-state index contributed by atoms with van der Waals surface area (Å²) in [4.78, 5) is 12.8. The lowest BCUT2D eigenvalue weighted by Crippen LogP contribution is -2.05. The van der Waals surface area contributed by atoms with Crippen molar-refractivity contribution >= 4 is 17.6 Å². The van der Waals surface area contributed by atoms with Gasteiger partial charge in [0.05, 0.1) is 19.8 Å². The molecule has 0 amide bonds. The van der Waals surface area contributed by atoms with Gasteiger partial charge in [-0.15, -0.1) is 0 Å². The molecule has 3 rings (SSSR count). The Labute approximate surface area is 145 Å². The van der Waals surface area contributed by atoms with E-state index < -0.39 is 0 Å². The monoisotopic (exact) mass is 337 g/mol. The SMILES string of the molecule is COc1ccc(OC)c(-c2nc(N)nc(Nc3ccc(C)cc3)n2)c1. The molecule has 0 aliphatic heterocycles. The first-order valence-electron chi connectivity index (χ1n) is 7.66. The lowest BCUT2D eigenvalue weighted by molar-refractivity contribution is 0.404. The second-order valence-corrected chi connectivity index (χ2v) is 5.40. The fourth-order valence-corrected chi connectivity index (χ4v) is 2.32. The Hall–Kier alpha value is -3.35. The van der Waals surface area contributed by atoms with Gasteiger partial charge in [-0.25, -0.2) is 0 Å². The maximum atomic E-state index is 5.86. The van der Waals surface area contributed by atoms with Crippen molar-refractivity contribution in [2.45, 2.75) is 6.92 Å². The number of nitrogens with one attached hydrogen (secondary N) is 1. The average molecular weight is 337 g/mol. The summed E-state index contributed by atoms with van der Waals surface area (Å²) in [5.41, 5.74) is 8.56. The van der Waals surface area contributed by atoms with E-state index in [2.05, 4.69) is 20.3 Å². The van der Waals surface area contributed by atoms with Crippen molar-refractivity contribution in [2.24, 2.45) is 0 Å². The summed E-state index contributed by atoms with van der Waals surface area (Å²) in [6.45, 7) is 2.03. The molecule has 7 heteroatoms. The molecule has 0 bridgehead atoms. The van der Waals surface area contributed by atoms with Crippen LogP contribution >= 0.6 is 0 Å². The molecule has 0 aliphatic rings. The van der Waals surface area contributed by atoms with Gasteiger partial charge in [0.2, 0.25) is 11.9 Å². The fraction of sp³-hybridized carbons (Fsp3) is 0.167. The molecule has 2 aromatic carbocycles. The lowest BCUT2D eigenvalue weighted by Gasteiger charge is -2.11. The number of methoxy groups -OCH3 is 2. The number of ether oxygens (including phenoxy) is 2. The highest BCUT2D eigenvalue weighted by molar-refractivity contribution is 5.68. The van der Waals surface area contributed by atoms with E-state index in [1.165, 1.54) is 5.56 Å². The van der Waals surface area contributed by atoms with Crippen LogP contribution in [0.3, 0.4) is 0 Å². The van der Waals surface area contributed by atoms with Crippen LogP contribution in [0, 0.1) is 6.92 Å². The van der Waals surface area contributed by atoms with Gasteiger partial charge in [0.1, 0.15) is 11.5 Å². The van der Waals surface area contributed by atoms with Crippen LogP contribution in [0.5, 0.6) is 11.5 Å². The Morgan fingerprint density at radius 2 is 1.68 bits per heavy atom. The summed E-state index contributed by atoms with van der Waals surface area (Å²) in [7, 11) is 3.18. The number of aryl methyl sites for hydroxylation is 1. The summed E-state index contributed by atoms with van der Waals surface area (Å²) >= 11 is 0. The number of nitrogen functional groups attached to an aromatic ring is 1. The first-order chi connectivity index (χ1) is 12.1. The molecule has 0 saturated heterocycles. The van der Waals surface area contributed by atoms with E-state index in [-0.39, 0.29) is 5.95 Å². The standard InChI is InChI=1S/C18H19N5O2/c1-11-4-6-12(7-5-11)20-18-22-16(21-17(19)23-18)14-10-13(24-2)8-9-15(14)25-3/h4-10H,1-3H3,(H3,19,20,21,22,23). The van der Waals surface area contributed by atoms with Gasteiger partial charge in [-0.05, 0) is 37.3 Å². The van der Waals surface area contributed by atoms with Crippen LogP contribution in [0.25, 0.3) is 11.4 Å². The van der Waals surface area contributed by atoms with E-state index >= 15 is 0 Å². The number of nitrogens with zero attached hydrogens (tertiary/aromatic N) is 3. The minimum Gasteiger partial charge on any atom is -0.497 e. The molecule has 0 spiro atoms. The van der Waals surface area contributed by atoms with Crippen molar-refractivity contribution < 1.29 is 9.47 Å². The van der Waals surface area contributed by atoms with Gasteiger partial charge >= 0.3 is 0 Å². The second kappa shape index (κ2) is 7.04. The number of rotatable bonds is 5. The molecule has 0 fully saturated rings. The van der Waals surface area contributed by atoms with Crippen molar-refractivity contribution in [2.75, 3.05) is 25.3 Å². The molecule has 0 saturated carbocycles. The molecular formula is C18H19N5O2. The van der Waals surface area contributed by atoms with Crippen LogP contribution in [-0.2, 0) is 0 Å². The highest BCUT2D eigenvalue weighted by atomic mass is 16.5. The summed E-state index contributed by atoms with van der Waals surface area (Å²) in [6.07, 6.45) is 0. The molecule has 1 heterocycles. The predicted molar refractivity (Wildman–Crippen MR) is 97.2 cm³/mol. The van der Waals surface area contributed by atoms with Gasteiger partial charge < -0.3 is 20.5 Å². The summed E-state index contributed by atoms with van der Waals surface area (Å²) in [5.74, 6) is 2.16. The normalized spacial score (nSPS) is 10.4. The van der Waals surface area contributed by atoms with Gasteiger partial charge in [0.25, 0.3) is 0 Å². The first-order valence-corrected chi connectivity index (χ1v) is 7.66. The van der Waals surface area contributed by atoms with E-state index in [0.29, 0.717) is 28.8 Å². The maximum absolute atomic E-state index is 5.86. The van der Waals surface area contributed by atoms with Gasteiger partial charge in [0, 0.05) is 5.69 Å². The maximum Gasteiger partial charge on any atom is 0.232 e. The van der Waals surface area contributed by atoms with Crippen LogP contribution in [0.15, 0.2) is 42.5 Å². The van der Waals surface area contributed by atoms with Crippen LogP contribution < -0.4 is 20.5 Å². The summed E-state index contributed by atoms with van der Waals surface area (Å²) in [6, 6.07) is 13.3. The molecule has 0 radical (unpaired) electrons. The minimum atomic E-state index is 0.115. The van der Waals surface area contributed by atoms with E-state index in [4.69, 9.17) is 15.2 Å². The van der Waals surface area contributed by atoms with Gasteiger partial charge in [-0.2, -0.15) is 15.0 Å². The zero-order valence-electron chi connectivity index (χ0n) is 14.3. The predicted octanol–water partition coefficient (Wildman–Crippen LogP) is 3.19. The number of hydrogen-bond donors (Lipinski definition) is 2. The highest BCUT2D eigenvalue weighted by Crippen LogP contribution is 2.32.